The van der Waals surface area contributed by atoms with E-state index in [1.54, 1.807) is 25.1 Å². The Morgan fingerprint density at radius 1 is 1.40 bits per heavy atom. The minimum atomic E-state index is -0.428. The van der Waals surface area contributed by atoms with Crippen molar-refractivity contribution in [2.75, 3.05) is 0 Å². The molecule has 0 fully saturated rings. The van der Waals surface area contributed by atoms with E-state index in [2.05, 4.69) is 4.98 Å². The third-order valence-electron chi connectivity index (χ3n) is 2.28. The molecule has 1 N–H and O–H groups in total. The van der Waals surface area contributed by atoms with Gasteiger partial charge in [-0.3, -0.25) is 9.36 Å². The molecule has 0 aliphatic rings. The lowest BCUT2D eigenvalue weighted by Gasteiger charge is -2.03. The van der Waals surface area contributed by atoms with E-state index in [-0.39, 0.29) is 5.56 Å². The highest BCUT2D eigenvalue weighted by Crippen LogP contribution is 2.16. The van der Waals surface area contributed by atoms with Crippen LogP contribution in [-0.2, 0) is 6.54 Å². The molecule has 2 aromatic rings. The molecule has 0 saturated carbocycles. The third kappa shape index (κ3) is 1.47. The normalized spacial score (nSPS) is 10.8. The highest BCUT2D eigenvalue weighted by atomic mass is 35.5. The zero-order valence-corrected chi connectivity index (χ0v) is 8.84. The van der Waals surface area contributed by atoms with Crippen molar-refractivity contribution in [1.29, 1.82) is 0 Å². The number of nitrogens with one attached hydrogen (secondary N) is 1. The van der Waals surface area contributed by atoms with Gasteiger partial charge in [0.25, 0.3) is 5.56 Å². The van der Waals surface area contributed by atoms with E-state index < -0.39 is 5.69 Å². The average molecular weight is 225 g/mol. The second kappa shape index (κ2) is 3.55. The number of fused-ring (bicyclic) bond motifs is 1. The second-order valence-corrected chi connectivity index (χ2v) is 3.55. The fourth-order valence-electron chi connectivity index (χ4n) is 1.53. The van der Waals surface area contributed by atoms with Crippen LogP contribution >= 0.6 is 11.6 Å². The molecule has 1 aromatic carbocycles. The van der Waals surface area contributed by atoms with Gasteiger partial charge in [0.2, 0.25) is 0 Å². The molecule has 2 rings (SSSR count). The second-order valence-electron chi connectivity index (χ2n) is 3.14. The first kappa shape index (κ1) is 9.98. The molecule has 0 spiro atoms. The Kier molecular flexibility index (Phi) is 2.36. The number of hydrogen-bond acceptors (Lipinski definition) is 2. The van der Waals surface area contributed by atoms with Gasteiger partial charge in [-0.25, -0.2) is 4.79 Å². The molecule has 5 heteroatoms. The Balaban J connectivity index is 3.05. The Labute approximate surface area is 90.1 Å². The van der Waals surface area contributed by atoms with Gasteiger partial charge in [0.15, 0.2) is 0 Å². The van der Waals surface area contributed by atoms with E-state index in [4.69, 9.17) is 11.6 Å². The molecular weight excluding hydrogens is 216 g/mol. The van der Waals surface area contributed by atoms with Gasteiger partial charge in [-0.15, -0.1) is 0 Å². The van der Waals surface area contributed by atoms with Gasteiger partial charge in [0.1, 0.15) is 0 Å². The van der Waals surface area contributed by atoms with Crippen molar-refractivity contribution in [1.82, 2.24) is 9.55 Å². The Hall–Kier alpha value is -1.55. The Morgan fingerprint density at radius 2 is 2.13 bits per heavy atom. The summed E-state index contributed by atoms with van der Waals surface area (Å²) in [5.41, 5.74) is -0.333. The molecule has 78 valence electrons. The van der Waals surface area contributed by atoms with Gasteiger partial charge in [-0.2, -0.15) is 0 Å². The molecule has 4 nitrogen and oxygen atoms in total. The lowest BCUT2D eigenvalue weighted by Crippen LogP contribution is -2.34. The first-order valence-corrected chi connectivity index (χ1v) is 4.94. The summed E-state index contributed by atoms with van der Waals surface area (Å²) in [6, 6.07) is 4.96. The molecular formula is C10H9ClN2O2. The van der Waals surface area contributed by atoms with Crippen LogP contribution in [0.1, 0.15) is 6.92 Å². The number of para-hydroxylation sites is 1. The predicted octanol–water partition coefficient (Wildman–Crippen LogP) is 1.36. The van der Waals surface area contributed by atoms with Gasteiger partial charge < -0.3 is 4.98 Å². The number of hydrogen-bond donors (Lipinski definition) is 1. The summed E-state index contributed by atoms with van der Waals surface area (Å²) in [4.78, 5) is 25.9. The van der Waals surface area contributed by atoms with E-state index in [0.29, 0.717) is 22.5 Å². The molecule has 0 amide bonds. The number of halogens is 1. The fourth-order valence-corrected chi connectivity index (χ4v) is 1.75. The van der Waals surface area contributed by atoms with Crippen LogP contribution < -0.4 is 11.2 Å². The topological polar surface area (TPSA) is 54.9 Å². The number of H-pyrrole nitrogens is 1. The molecule has 0 aliphatic heterocycles. The van der Waals surface area contributed by atoms with E-state index in [0.717, 1.165) is 4.57 Å². The highest BCUT2D eigenvalue weighted by molar-refractivity contribution is 6.34. The molecule has 0 unspecified atom stereocenters. The molecule has 1 aromatic heterocycles. The van der Waals surface area contributed by atoms with Gasteiger partial charge in [0, 0.05) is 6.54 Å². The Morgan fingerprint density at radius 3 is 2.80 bits per heavy atom. The van der Waals surface area contributed by atoms with E-state index in [9.17, 15) is 9.59 Å². The molecule has 0 atom stereocenters. The lowest BCUT2D eigenvalue weighted by atomic mass is 10.2. The summed E-state index contributed by atoms with van der Waals surface area (Å²) in [7, 11) is 0. The minimum absolute atomic E-state index is 0.307. The van der Waals surface area contributed by atoms with Crippen molar-refractivity contribution in [2.45, 2.75) is 13.5 Å². The lowest BCUT2D eigenvalue weighted by molar-refractivity contribution is 0.684. The van der Waals surface area contributed by atoms with Crippen molar-refractivity contribution in [3.63, 3.8) is 0 Å². The number of aromatic nitrogens is 2. The van der Waals surface area contributed by atoms with Crippen LogP contribution in [0.5, 0.6) is 0 Å². The Bertz CT molecular complexity index is 627. The quantitative estimate of drug-likeness (QED) is 0.795. The number of nitrogens with zero attached hydrogens (tertiary/aromatic N) is 1. The van der Waals surface area contributed by atoms with Crippen LogP contribution in [0, 0.1) is 0 Å². The molecule has 0 bridgehead atoms. The minimum Gasteiger partial charge on any atom is -0.305 e. The van der Waals surface area contributed by atoms with E-state index in [1.165, 1.54) is 0 Å². The van der Waals surface area contributed by atoms with Crippen LogP contribution in [0.2, 0.25) is 5.02 Å². The summed E-state index contributed by atoms with van der Waals surface area (Å²) in [6.07, 6.45) is 0. The predicted molar refractivity (Wildman–Crippen MR) is 59.5 cm³/mol. The van der Waals surface area contributed by atoms with Crippen molar-refractivity contribution in [3.05, 3.63) is 44.1 Å². The number of rotatable bonds is 1. The van der Waals surface area contributed by atoms with Gasteiger partial charge in [-0.05, 0) is 19.1 Å². The maximum atomic E-state index is 11.8. The van der Waals surface area contributed by atoms with Crippen LogP contribution in [-0.4, -0.2) is 9.55 Å². The van der Waals surface area contributed by atoms with Crippen molar-refractivity contribution in [3.8, 4) is 0 Å². The molecule has 0 saturated heterocycles. The van der Waals surface area contributed by atoms with Crippen molar-refractivity contribution >= 4 is 22.5 Å². The standard InChI is InChI=1S/C10H9ClN2O2/c1-2-13-9(14)6-4-3-5-7(11)8(6)12-10(13)15/h3-5H,2H2,1H3,(H,12,15). The molecule has 0 radical (unpaired) electrons. The maximum absolute atomic E-state index is 11.8. The number of benzene rings is 1. The molecule has 1 heterocycles. The van der Waals surface area contributed by atoms with Crippen LogP contribution in [0.3, 0.4) is 0 Å². The monoisotopic (exact) mass is 224 g/mol. The largest absolute Gasteiger partial charge is 0.328 e. The molecule has 15 heavy (non-hydrogen) atoms. The van der Waals surface area contributed by atoms with Gasteiger partial charge >= 0.3 is 5.69 Å². The third-order valence-corrected chi connectivity index (χ3v) is 2.60. The SMILES string of the molecule is CCn1c(=O)[nH]c2c(Cl)cccc2c1=O. The van der Waals surface area contributed by atoms with Crippen LogP contribution in [0.4, 0.5) is 0 Å². The van der Waals surface area contributed by atoms with Gasteiger partial charge in [0.05, 0.1) is 15.9 Å². The first-order valence-electron chi connectivity index (χ1n) is 4.56. The molecule has 0 aliphatic carbocycles. The highest BCUT2D eigenvalue weighted by Gasteiger charge is 2.07. The summed E-state index contributed by atoms with van der Waals surface area (Å²) < 4.78 is 1.14. The first-order chi connectivity index (χ1) is 7.15. The zero-order chi connectivity index (χ0) is 11.0. The fraction of sp³-hybridized carbons (Fsp3) is 0.200. The summed E-state index contributed by atoms with van der Waals surface area (Å²) >= 11 is 5.88. The average Bonchev–Trinajstić information content (AvgIpc) is 2.20. The smallest absolute Gasteiger partial charge is 0.305 e. The summed E-state index contributed by atoms with van der Waals surface area (Å²) in [5, 5.41) is 0.814. The summed E-state index contributed by atoms with van der Waals surface area (Å²) in [6.45, 7) is 2.09. The van der Waals surface area contributed by atoms with E-state index >= 15 is 0 Å². The van der Waals surface area contributed by atoms with Crippen LogP contribution in [0.25, 0.3) is 10.9 Å². The number of aromatic amines is 1. The van der Waals surface area contributed by atoms with Gasteiger partial charge in [-0.1, -0.05) is 17.7 Å². The van der Waals surface area contributed by atoms with Crippen molar-refractivity contribution in [2.24, 2.45) is 0 Å². The zero-order valence-electron chi connectivity index (χ0n) is 8.08. The summed E-state index contributed by atoms with van der Waals surface area (Å²) in [5.74, 6) is 0. The van der Waals surface area contributed by atoms with Crippen LogP contribution in [0.15, 0.2) is 27.8 Å². The van der Waals surface area contributed by atoms with Crippen molar-refractivity contribution < 1.29 is 0 Å². The maximum Gasteiger partial charge on any atom is 0.328 e. The van der Waals surface area contributed by atoms with E-state index in [1.807, 2.05) is 0 Å².